The number of hydrogen-bond donors (Lipinski definition) is 2. The number of aryl methyl sites for hydroxylation is 1. The fourth-order valence-corrected chi connectivity index (χ4v) is 4.80. The maximum atomic E-state index is 12.8. The first-order chi connectivity index (χ1) is 12.4. The molecule has 1 unspecified atom stereocenters. The maximum Gasteiger partial charge on any atom is 0.324 e. The second-order valence-electron chi connectivity index (χ2n) is 6.77. The molecule has 3 amide bonds. The Morgan fingerprint density at radius 1 is 1.15 bits per heavy atom. The summed E-state index contributed by atoms with van der Waals surface area (Å²) < 4.78 is 27.1. The SMILES string of the molecule is Cc1ccc(S(=O)(=O)N2CCC[NH+](CC(=O)N3CCNC3=O)CC2)cc1. The fraction of sp³-hybridized carbons (Fsp3) is 0.529. The van der Waals surface area contributed by atoms with Crippen LogP contribution < -0.4 is 10.2 Å². The smallest absolute Gasteiger partial charge is 0.324 e. The van der Waals surface area contributed by atoms with E-state index in [-0.39, 0.29) is 18.5 Å². The molecular weight excluding hydrogens is 356 g/mol. The van der Waals surface area contributed by atoms with E-state index in [0.717, 1.165) is 10.5 Å². The molecule has 0 aromatic heterocycles. The number of sulfonamides is 1. The number of hydrogen-bond acceptors (Lipinski definition) is 4. The lowest BCUT2D eigenvalue weighted by molar-refractivity contribution is -0.890. The molecule has 2 fully saturated rings. The van der Waals surface area contributed by atoms with Crippen molar-refractivity contribution >= 4 is 22.0 Å². The summed E-state index contributed by atoms with van der Waals surface area (Å²) in [6.45, 7) is 5.09. The minimum Gasteiger partial charge on any atom is -0.336 e. The van der Waals surface area contributed by atoms with E-state index < -0.39 is 10.0 Å². The number of rotatable bonds is 4. The van der Waals surface area contributed by atoms with Crippen LogP contribution in [0.15, 0.2) is 29.2 Å². The zero-order chi connectivity index (χ0) is 18.7. The maximum absolute atomic E-state index is 12.8. The van der Waals surface area contributed by atoms with Crippen LogP contribution in [0.5, 0.6) is 0 Å². The minimum atomic E-state index is -3.52. The van der Waals surface area contributed by atoms with Gasteiger partial charge in [-0.1, -0.05) is 17.7 Å². The van der Waals surface area contributed by atoms with Gasteiger partial charge in [0.05, 0.1) is 24.5 Å². The highest BCUT2D eigenvalue weighted by Crippen LogP contribution is 2.16. The monoisotopic (exact) mass is 381 g/mol. The number of nitrogens with one attached hydrogen (secondary N) is 2. The predicted molar refractivity (Wildman–Crippen MR) is 95.2 cm³/mol. The van der Waals surface area contributed by atoms with Crippen molar-refractivity contribution in [2.75, 3.05) is 45.8 Å². The highest BCUT2D eigenvalue weighted by molar-refractivity contribution is 7.89. The number of benzene rings is 1. The van der Waals surface area contributed by atoms with Crippen molar-refractivity contribution in [1.29, 1.82) is 0 Å². The van der Waals surface area contributed by atoms with Gasteiger partial charge in [0, 0.05) is 26.1 Å². The Kier molecular flexibility index (Phi) is 5.59. The molecule has 2 aliphatic rings. The van der Waals surface area contributed by atoms with Crippen molar-refractivity contribution in [2.24, 2.45) is 0 Å². The van der Waals surface area contributed by atoms with Gasteiger partial charge in [0.1, 0.15) is 0 Å². The highest BCUT2D eigenvalue weighted by Gasteiger charge is 2.32. The minimum absolute atomic E-state index is 0.204. The molecule has 0 saturated carbocycles. The summed E-state index contributed by atoms with van der Waals surface area (Å²) in [6.07, 6.45) is 0.680. The molecule has 3 rings (SSSR count). The van der Waals surface area contributed by atoms with Crippen LogP contribution in [0.25, 0.3) is 0 Å². The van der Waals surface area contributed by atoms with Gasteiger partial charge >= 0.3 is 6.03 Å². The molecule has 2 saturated heterocycles. The van der Waals surface area contributed by atoms with Gasteiger partial charge in [0.15, 0.2) is 6.54 Å². The lowest BCUT2D eigenvalue weighted by atomic mass is 10.2. The van der Waals surface area contributed by atoms with Gasteiger partial charge in [-0.2, -0.15) is 4.31 Å². The average molecular weight is 381 g/mol. The Bertz CT molecular complexity index is 778. The van der Waals surface area contributed by atoms with E-state index in [9.17, 15) is 18.0 Å². The third-order valence-electron chi connectivity index (χ3n) is 4.87. The van der Waals surface area contributed by atoms with Crippen LogP contribution in [-0.2, 0) is 14.8 Å². The molecule has 0 bridgehead atoms. The van der Waals surface area contributed by atoms with Crippen LogP contribution in [0.2, 0.25) is 0 Å². The standard InChI is InChI=1S/C17H24N4O4S/c1-14-3-5-15(6-4-14)26(24,25)20-9-2-8-19(11-12-20)13-16(22)21-10-7-18-17(21)23/h3-6H,2,7-13H2,1H3,(H,18,23)/p+1. The lowest BCUT2D eigenvalue weighted by Crippen LogP contribution is -3.13. The van der Waals surface area contributed by atoms with E-state index in [2.05, 4.69) is 5.32 Å². The van der Waals surface area contributed by atoms with Crippen LogP contribution >= 0.6 is 0 Å². The van der Waals surface area contributed by atoms with Gasteiger partial charge < -0.3 is 10.2 Å². The molecule has 1 aromatic rings. The third kappa shape index (κ3) is 4.05. The first kappa shape index (κ1) is 18.8. The summed E-state index contributed by atoms with van der Waals surface area (Å²) in [5.41, 5.74) is 1.01. The summed E-state index contributed by atoms with van der Waals surface area (Å²) in [4.78, 5) is 26.4. The number of carbonyl (C=O) groups excluding carboxylic acids is 2. The second kappa shape index (κ2) is 7.73. The molecule has 8 nitrogen and oxygen atoms in total. The molecule has 0 spiro atoms. The summed E-state index contributed by atoms with van der Waals surface area (Å²) in [5.74, 6) is -0.204. The molecule has 0 radical (unpaired) electrons. The zero-order valence-corrected chi connectivity index (χ0v) is 15.7. The predicted octanol–water partition coefficient (Wildman–Crippen LogP) is -1.17. The first-order valence-corrected chi connectivity index (χ1v) is 10.3. The van der Waals surface area contributed by atoms with Gasteiger partial charge in [-0.05, 0) is 19.1 Å². The van der Waals surface area contributed by atoms with Gasteiger partial charge in [0.25, 0.3) is 5.91 Å². The molecule has 2 heterocycles. The Hall–Kier alpha value is -1.97. The van der Waals surface area contributed by atoms with E-state index in [1.807, 2.05) is 6.92 Å². The van der Waals surface area contributed by atoms with E-state index in [1.165, 1.54) is 9.21 Å². The van der Waals surface area contributed by atoms with Crippen LogP contribution in [0.1, 0.15) is 12.0 Å². The Morgan fingerprint density at radius 3 is 2.54 bits per heavy atom. The van der Waals surface area contributed by atoms with Crippen LogP contribution in [-0.4, -0.2) is 75.4 Å². The number of urea groups is 1. The molecule has 0 aliphatic carbocycles. The second-order valence-corrected chi connectivity index (χ2v) is 8.71. The molecule has 142 valence electrons. The molecule has 2 aliphatic heterocycles. The molecule has 1 atom stereocenters. The number of quaternary nitrogens is 1. The van der Waals surface area contributed by atoms with Crippen LogP contribution in [0, 0.1) is 6.92 Å². The summed E-state index contributed by atoms with van der Waals surface area (Å²) in [6, 6.07) is 6.52. The van der Waals surface area contributed by atoms with Gasteiger partial charge in [-0.3, -0.25) is 9.69 Å². The topological polar surface area (TPSA) is 91.2 Å². The van der Waals surface area contributed by atoms with Crippen molar-refractivity contribution < 1.29 is 22.9 Å². The molecule has 2 N–H and O–H groups in total. The highest BCUT2D eigenvalue weighted by atomic mass is 32.2. The summed E-state index contributed by atoms with van der Waals surface area (Å²) in [5, 5.41) is 2.62. The molecular formula is C17H25N4O4S+. The van der Waals surface area contributed by atoms with Crippen molar-refractivity contribution in [1.82, 2.24) is 14.5 Å². The normalized spacial score (nSPS) is 22.1. The van der Waals surface area contributed by atoms with Gasteiger partial charge in [-0.15, -0.1) is 0 Å². The van der Waals surface area contributed by atoms with E-state index >= 15 is 0 Å². The van der Waals surface area contributed by atoms with Gasteiger partial charge in [-0.25, -0.2) is 13.2 Å². The number of imide groups is 1. The van der Waals surface area contributed by atoms with Crippen LogP contribution in [0.3, 0.4) is 0 Å². The third-order valence-corrected chi connectivity index (χ3v) is 6.78. The van der Waals surface area contributed by atoms with E-state index in [4.69, 9.17) is 0 Å². The van der Waals surface area contributed by atoms with E-state index in [1.54, 1.807) is 24.3 Å². The molecule has 9 heteroatoms. The van der Waals surface area contributed by atoms with Crippen molar-refractivity contribution in [3.05, 3.63) is 29.8 Å². The van der Waals surface area contributed by atoms with E-state index in [0.29, 0.717) is 50.6 Å². The van der Waals surface area contributed by atoms with Crippen molar-refractivity contribution in [3.63, 3.8) is 0 Å². The number of amides is 3. The molecule has 1 aromatic carbocycles. The first-order valence-electron chi connectivity index (χ1n) is 8.86. The zero-order valence-electron chi connectivity index (χ0n) is 14.9. The fourth-order valence-electron chi connectivity index (χ4n) is 3.32. The van der Waals surface area contributed by atoms with Crippen molar-refractivity contribution in [2.45, 2.75) is 18.2 Å². The van der Waals surface area contributed by atoms with Crippen molar-refractivity contribution in [3.8, 4) is 0 Å². The number of carbonyl (C=O) groups is 2. The Morgan fingerprint density at radius 2 is 1.88 bits per heavy atom. The Balaban J connectivity index is 1.61. The van der Waals surface area contributed by atoms with Gasteiger partial charge in [0.2, 0.25) is 10.0 Å². The quantitative estimate of drug-likeness (QED) is 0.687. The average Bonchev–Trinajstić information content (AvgIpc) is 2.89. The summed E-state index contributed by atoms with van der Waals surface area (Å²) in [7, 11) is -3.52. The summed E-state index contributed by atoms with van der Waals surface area (Å²) >= 11 is 0. The Labute approximate surface area is 153 Å². The lowest BCUT2D eigenvalue weighted by Gasteiger charge is -2.21. The number of nitrogens with zero attached hydrogens (tertiary/aromatic N) is 2. The van der Waals surface area contributed by atoms with Crippen LogP contribution in [0.4, 0.5) is 4.79 Å². The molecule has 26 heavy (non-hydrogen) atoms. The largest absolute Gasteiger partial charge is 0.336 e.